The predicted molar refractivity (Wildman–Crippen MR) is 173 cm³/mol. The van der Waals surface area contributed by atoms with Gasteiger partial charge in [-0.05, 0) is 36.8 Å². The van der Waals surface area contributed by atoms with E-state index in [9.17, 15) is 35.1 Å². The summed E-state index contributed by atoms with van der Waals surface area (Å²) in [4.78, 5) is 39.5. The summed E-state index contributed by atoms with van der Waals surface area (Å²) in [5, 5.41) is 39.4. The van der Waals surface area contributed by atoms with Crippen LogP contribution in [0.25, 0.3) is 22.0 Å². The number of carbonyl (C=O) groups excluding carboxylic acids is 1. The number of allylic oxidation sites excluding steroid dienone is 5. The van der Waals surface area contributed by atoms with Crippen molar-refractivity contribution >= 4 is 70.1 Å². The highest BCUT2D eigenvalue weighted by Crippen LogP contribution is 2.51. The van der Waals surface area contributed by atoms with Crippen molar-refractivity contribution < 1.29 is 33.9 Å². The Morgan fingerprint density at radius 3 is 2.53 bits per heavy atom. The quantitative estimate of drug-likeness (QED) is 0.0590. The lowest BCUT2D eigenvalue weighted by molar-refractivity contribution is -0.662. The highest BCUT2D eigenvalue weighted by Gasteiger charge is 2.43. The first kappa shape index (κ1) is 34.3. The molecule has 0 fully saturated rings. The number of hydrogen-bond donors (Lipinski definition) is 2. The van der Waals surface area contributed by atoms with E-state index in [2.05, 4.69) is 17.0 Å². The minimum absolute atomic E-state index is 0.0195. The van der Waals surface area contributed by atoms with Gasteiger partial charge in [0.1, 0.15) is 13.2 Å². The Bertz CT molecular complexity index is 1990. The third kappa shape index (κ3) is 7.13. The van der Waals surface area contributed by atoms with Crippen LogP contribution in [0.3, 0.4) is 0 Å². The van der Waals surface area contributed by atoms with E-state index < -0.39 is 23.9 Å². The fraction of sp³-hybridized carbons (Fsp3) is 0.242. The molecule has 3 aromatic rings. The highest BCUT2D eigenvalue weighted by atomic mass is 35.5. The maximum absolute atomic E-state index is 11.9. The normalized spacial score (nSPS) is 16.6. The van der Waals surface area contributed by atoms with Crippen molar-refractivity contribution in [3.8, 4) is 12.1 Å². The molecule has 47 heavy (non-hydrogen) atoms. The van der Waals surface area contributed by atoms with Crippen LogP contribution in [0.1, 0.15) is 31.2 Å². The monoisotopic (exact) mass is 673 g/mol. The number of fused-ring (bicyclic) bond motifs is 2. The summed E-state index contributed by atoms with van der Waals surface area (Å²) in [5.41, 5.74) is 2.49. The first-order valence-corrected chi connectivity index (χ1v) is 14.8. The average molecular weight is 675 g/mol. The molecule has 0 aliphatic carbocycles. The number of halogens is 2. The number of hydrogen-bond acceptors (Lipinski definition) is 7. The Morgan fingerprint density at radius 1 is 1.15 bits per heavy atom. The molecule has 2 heterocycles. The molecule has 0 saturated heterocycles. The summed E-state index contributed by atoms with van der Waals surface area (Å²) in [6.07, 6.45) is 6.01. The Hall–Kier alpha value is -5.61. The zero-order chi connectivity index (χ0) is 34.3. The maximum Gasteiger partial charge on any atom is 0.346 e. The Kier molecular flexibility index (Phi) is 10.7. The van der Waals surface area contributed by atoms with Crippen LogP contribution in [0.2, 0.25) is 10.0 Å². The molecule has 0 saturated carbocycles. The highest BCUT2D eigenvalue weighted by molar-refractivity contribution is 6.42. The minimum Gasteiger partial charge on any atom is -0.481 e. The van der Waals surface area contributed by atoms with Crippen LogP contribution in [0.15, 0.2) is 59.8 Å². The van der Waals surface area contributed by atoms with Crippen molar-refractivity contribution in [3.05, 3.63) is 92.7 Å². The van der Waals surface area contributed by atoms with Gasteiger partial charge in [0.2, 0.25) is 0 Å². The molecule has 0 amide bonds. The number of carbonyl (C=O) groups is 3. The number of nitrogens with zero attached hydrogens (tertiary/aromatic N) is 6. The van der Waals surface area contributed by atoms with Gasteiger partial charge in [-0.15, -0.1) is 0 Å². The number of carboxylic acid groups (broad SMARTS) is 2. The molecule has 238 valence electrons. The van der Waals surface area contributed by atoms with Gasteiger partial charge in [-0.2, -0.15) is 10.5 Å². The SMILES string of the molecule is [C-]#[N+]c1ccc2c(c1)C(C)(CC#N)C(=CC=C(C#N)C=Cc1n(CCOC=O)c3cc(Cl)c(Cl)cc3[n+]1CC(=O)O)N2CCC(=O)O. The molecule has 0 bridgehead atoms. The molecule has 1 aliphatic rings. The van der Waals surface area contributed by atoms with Crippen molar-refractivity contribution in [1.29, 1.82) is 10.5 Å². The van der Waals surface area contributed by atoms with Gasteiger partial charge in [0.25, 0.3) is 12.3 Å². The summed E-state index contributed by atoms with van der Waals surface area (Å²) in [6, 6.07) is 12.4. The average Bonchev–Trinajstić information content (AvgIpc) is 3.43. The third-order valence-electron chi connectivity index (χ3n) is 7.74. The second-order valence-corrected chi connectivity index (χ2v) is 11.4. The Morgan fingerprint density at radius 2 is 1.89 bits per heavy atom. The van der Waals surface area contributed by atoms with Crippen molar-refractivity contribution in [1.82, 2.24) is 4.57 Å². The molecule has 4 rings (SSSR count). The molecule has 0 radical (unpaired) electrons. The van der Waals surface area contributed by atoms with Gasteiger partial charge in [0.05, 0.1) is 47.2 Å². The minimum atomic E-state index is -1.14. The zero-order valence-corrected chi connectivity index (χ0v) is 26.5. The molecule has 1 unspecified atom stereocenters. The molecular formula is C33H27Cl2N6O6+. The van der Waals surface area contributed by atoms with Gasteiger partial charge < -0.3 is 19.8 Å². The standard InChI is InChI=1S/C33H26Cl2N6O6/c1-33(10-11-36)23-15-22(38-2)5-6-26(23)39(12-9-31(43)44)29(33)7-3-21(18-37)4-8-30-40(13-14-47-20-42)27-16-24(34)25(35)17-28(27)41(30)19-32(45)46/h3-8,15-17,20H,9-10,12-14,19H2,1H3,(H-,43,44,45,46)/p+1. The maximum atomic E-state index is 11.9. The predicted octanol–water partition coefficient (Wildman–Crippen LogP) is 5.56. The molecular weight excluding hydrogens is 647 g/mol. The number of imidazole rings is 1. The lowest BCUT2D eigenvalue weighted by atomic mass is 9.78. The number of aliphatic carboxylic acids is 2. The van der Waals surface area contributed by atoms with Crippen LogP contribution < -0.4 is 9.47 Å². The summed E-state index contributed by atoms with van der Waals surface area (Å²) < 4.78 is 8.06. The molecule has 2 N–H and O–H groups in total. The summed E-state index contributed by atoms with van der Waals surface area (Å²) in [5.74, 6) is -1.80. The number of carboxylic acids is 2. The molecule has 14 heteroatoms. The number of rotatable bonds is 13. The van der Waals surface area contributed by atoms with Crippen LogP contribution >= 0.6 is 23.2 Å². The van der Waals surface area contributed by atoms with Crippen LogP contribution in [-0.2, 0) is 37.6 Å². The lowest BCUT2D eigenvalue weighted by Crippen LogP contribution is -2.40. The van der Waals surface area contributed by atoms with E-state index in [1.165, 1.54) is 22.8 Å². The number of ether oxygens (including phenoxy) is 1. The molecule has 1 aromatic heterocycles. The topological polar surface area (TPSA) is 165 Å². The fourth-order valence-corrected chi connectivity index (χ4v) is 5.94. The zero-order valence-electron chi connectivity index (χ0n) is 25.0. The second kappa shape index (κ2) is 14.7. The van der Waals surface area contributed by atoms with Gasteiger partial charge in [-0.1, -0.05) is 35.3 Å². The van der Waals surface area contributed by atoms with Crippen molar-refractivity contribution in [2.45, 2.75) is 38.3 Å². The third-order valence-corrected chi connectivity index (χ3v) is 8.46. The second-order valence-electron chi connectivity index (χ2n) is 10.6. The van der Waals surface area contributed by atoms with E-state index in [0.717, 1.165) is 0 Å². The van der Waals surface area contributed by atoms with Gasteiger partial charge >= 0.3 is 11.9 Å². The van der Waals surface area contributed by atoms with Gasteiger partial charge in [0, 0.05) is 41.6 Å². The van der Waals surface area contributed by atoms with Crippen molar-refractivity contribution in [2.24, 2.45) is 0 Å². The first-order chi connectivity index (χ1) is 22.5. The Labute approximate surface area is 279 Å². The number of benzene rings is 2. The van der Waals surface area contributed by atoms with E-state index in [1.807, 2.05) is 6.92 Å². The smallest absolute Gasteiger partial charge is 0.346 e. The fourth-order valence-electron chi connectivity index (χ4n) is 5.63. The van der Waals surface area contributed by atoms with E-state index in [-0.39, 0.29) is 48.2 Å². The van der Waals surface area contributed by atoms with E-state index in [4.69, 9.17) is 34.5 Å². The summed E-state index contributed by atoms with van der Waals surface area (Å²) in [6.45, 7) is 9.30. The van der Waals surface area contributed by atoms with Crippen LogP contribution in [0, 0.1) is 29.2 Å². The van der Waals surface area contributed by atoms with Crippen LogP contribution in [-0.4, -0.2) is 46.3 Å². The van der Waals surface area contributed by atoms with Crippen LogP contribution in [0.5, 0.6) is 0 Å². The van der Waals surface area contributed by atoms with Gasteiger partial charge in [0.15, 0.2) is 23.3 Å². The van der Waals surface area contributed by atoms with Crippen molar-refractivity contribution in [2.75, 3.05) is 18.1 Å². The van der Waals surface area contributed by atoms with Crippen LogP contribution in [0.4, 0.5) is 11.4 Å². The lowest BCUT2D eigenvalue weighted by Gasteiger charge is -2.28. The largest absolute Gasteiger partial charge is 0.481 e. The number of anilines is 1. The van der Waals surface area contributed by atoms with E-state index in [1.54, 1.807) is 45.9 Å². The van der Waals surface area contributed by atoms with Gasteiger partial charge in [-0.3, -0.25) is 9.59 Å². The number of nitriles is 2. The van der Waals surface area contributed by atoms with Gasteiger partial charge in [-0.25, -0.2) is 18.8 Å². The number of aromatic nitrogens is 2. The van der Waals surface area contributed by atoms with Crippen molar-refractivity contribution in [3.63, 3.8) is 0 Å². The summed E-state index contributed by atoms with van der Waals surface area (Å²) in [7, 11) is 0. The molecule has 12 nitrogen and oxygen atoms in total. The molecule has 1 atom stereocenters. The Balaban J connectivity index is 1.87. The molecule has 2 aromatic carbocycles. The first-order valence-electron chi connectivity index (χ1n) is 14.1. The van der Waals surface area contributed by atoms with E-state index in [0.29, 0.717) is 46.0 Å². The summed E-state index contributed by atoms with van der Waals surface area (Å²) >= 11 is 12.5. The molecule has 0 spiro atoms. The molecule has 1 aliphatic heterocycles. The van der Waals surface area contributed by atoms with E-state index >= 15 is 0 Å².